The van der Waals surface area contributed by atoms with Gasteiger partial charge < -0.3 is 9.64 Å². The van der Waals surface area contributed by atoms with Crippen molar-refractivity contribution in [3.8, 4) is 0 Å². The first-order valence-corrected chi connectivity index (χ1v) is 7.51. The minimum Gasteiger partial charge on any atom is -0.444 e. The molecule has 6 heteroatoms. The first kappa shape index (κ1) is 14.8. The summed E-state index contributed by atoms with van der Waals surface area (Å²) in [6.07, 6.45) is 0.653. The lowest BCUT2D eigenvalue weighted by atomic mass is 9.96. The standard InChI is InChI=1S/C16H20N2O4/c1-16(2,3)22-15(19)17-8-10-6-11(9-17)14-7-12(18(20)21)4-5-13(10)14/h4-5,7,10-11H,6,8-9H2,1-3H3. The van der Waals surface area contributed by atoms with Crippen LogP contribution in [0.5, 0.6) is 0 Å². The Morgan fingerprint density at radius 2 is 1.91 bits per heavy atom. The van der Waals surface area contributed by atoms with E-state index < -0.39 is 5.60 Å². The molecule has 6 nitrogen and oxygen atoms in total. The Bertz CT molecular complexity index is 636. The molecule has 1 aliphatic carbocycles. The number of benzene rings is 1. The van der Waals surface area contributed by atoms with Crippen molar-refractivity contribution in [3.63, 3.8) is 0 Å². The quantitative estimate of drug-likeness (QED) is 0.588. The monoisotopic (exact) mass is 304 g/mol. The van der Waals surface area contributed by atoms with Crippen molar-refractivity contribution in [2.24, 2.45) is 0 Å². The summed E-state index contributed by atoms with van der Waals surface area (Å²) in [5.74, 6) is 0.420. The number of nitrogens with zero attached hydrogens (tertiary/aromatic N) is 2. The molecule has 2 bridgehead atoms. The number of hydrogen-bond acceptors (Lipinski definition) is 4. The normalized spacial score (nSPS) is 23.1. The number of nitro groups is 1. The molecule has 1 heterocycles. The van der Waals surface area contributed by atoms with Gasteiger partial charge in [-0.05, 0) is 38.3 Å². The molecule has 0 spiro atoms. The van der Waals surface area contributed by atoms with E-state index in [0.717, 1.165) is 17.5 Å². The predicted molar refractivity (Wildman–Crippen MR) is 81.0 cm³/mol. The average Bonchev–Trinajstić information content (AvgIpc) is 2.68. The van der Waals surface area contributed by atoms with Gasteiger partial charge in [0, 0.05) is 37.1 Å². The van der Waals surface area contributed by atoms with Crippen LogP contribution in [0.4, 0.5) is 10.5 Å². The van der Waals surface area contributed by atoms with E-state index in [0.29, 0.717) is 13.1 Å². The van der Waals surface area contributed by atoms with Crippen LogP contribution < -0.4 is 0 Å². The Morgan fingerprint density at radius 1 is 1.27 bits per heavy atom. The van der Waals surface area contributed by atoms with Gasteiger partial charge in [-0.2, -0.15) is 0 Å². The molecule has 0 saturated carbocycles. The molecule has 0 N–H and O–H groups in total. The summed E-state index contributed by atoms with van der Waals surface area (Å²) < 4.78 is 5.44. The maximum Gasteiger partial charge on any atom is 0.410 e. The molecule has 1 saturated heterocycles. The molecule has 3 rings (SSSR count). The fraction of sp³-hybridized carbons (Fsp3) is 0.562. The van der Waals surface area contributed by atoms with Crippen molar-refractivity contribution in [1.82, 2.24) is 4.90 Å². The van der Waals surface area contributed by atoms with Gasteiger partial charge in [0.05, 0.1) is 4.92 Å². The Hall–Kier alpha value is -2.11. The smallest absolute Gasteiger partial charge is 0.410 e. The SMILES string of the molecule is CC(C)(C)OC(=O)N1CC2CC(C1)c1cc([N+](=O)[O-])ccc12. The molecule has 0 aromatic heterocycles. The molecule has 2 unspecified atom stereocenters. The molecule has 1 aromatic carbocycles. The number of hydrogen-bond donors (Lipinski definition) is 0. The van der Waals surface area contributed by atoms with Crippen molar-refractivity contribution in [2.45, 2.75) is 44.6 Å². The fourth-order valence-electron chi connectivity index (χ4n) is 3.43. The van der Waals surface area contributed by atoms with E-state index in [1.54, 1.807) is 17.0 Å². The number of ether oxygens (including phenoxy) is 1. The third-order valence-electron chi connectivity index (χ3n) is 4.26. The van der Waals surface area contributed by atoms with Gasteiger partial charge >= 0.3 is 6.09 Å². The van der Waals surface area contributed by atoms with Crippen molar-refractivity contribution < 1.29 is 14.5 Å². The Kier molecular flexibility index (Phi) is 3.34. The van der Waals surface area contributed by atoms with Crippen LogP contribution in [0, 0.1) is 10.1 Å². The van der Waals surface area contributed by atoms with E-state index in [-0.39, 0.29) is 28.5 Å². The van der Waals surface area contributed by atoms with E-state index in [4.69, 9.17) is 4.74 Å². The number of carbonyl (C=O) groups is 1. The molecule has 2 atom stereocenters. The van der Waals surface area contributed by atoms with E-state index in [9.17, 15) is 14.9 Å². The zero-order chi connectivity index (χ0) is 16.1. The lowest BCUT2D eigenvalue weighted by molar-refractivity contribution is -0.384. The highest BCUT2D eigenvalue weighted by Crippen LogP contribution is 2.47. The van der Waals surface area contributed by atoms with Gasteiger partial charge in [-0.3, -0.25) is 10.1 Å². The Morgan fingerprint density at radius 3 is 2.50 bits per heavy atom. The minimum absolute atomic E-state index is 0.120. The molecule has 0 radical (unpaired) electrons. The Labute approximate surface area is 129 Å². The molecule has 1 fully saturated rings. The van der Waals surface area contributed by atoms with Crippen LogP contribution in [0.1, 0.15) is 50.2 Å². The zero-order valence-electron chi connectivity index (χ0n) is 13.0. The Balaban J connectivity index is 1.81. The lowest BCUT2D eigenvalue weighted by Crippen LogP contribution is -2.42. The van der Waals surface area contributed by atoms with Crippen LogP contribution in [-0.4, -0.2) is 34.6 Å². The van der Waals surface area contributed by atoms with Crippen LogP contribution in [0.3, 0.4) is 0 Å². The molecule has 22 heavy (non-hydrogen) atoms. The van der Waals surface area contributed by atoms with Gasteiger partial charge in [-0.25, -0.2) is 4.79 Å². The number of rotatable bonds is 1. The molecular weight excluding hydrogens is 284 g/mol. The second kappa shape index (κ2) is 4.97. The van der Waals surface area contributed by atoms with Crippen molar-refractivity contribution in [3.05, 3.63) is 39.4 Å². The number of nitro benzene ring substituents is 1. The van der Waals surface area contributed by atoms with Gasteiger partial charge in [0.25, 0.3) is 5.69 Å². The second-order valence-electron chi connectivity index (χ2n) is 7.09. The summed E-state index contributed by atoms with van der Waals surface area (Å²) >= 11 is 0. The van der Waals surface area contributed by atoms with Crippen LogP contribution in [0.2, 0.25) is 0 Å². The molecule has 2 aliphatic rings. The van der Waals surface area contributed by atoms with Crippen LogP contribution in [-0.2, 0) is 4.74 Å². The number of carbonyl (C=O) groups excluding carboxylic acids is 1. The van der Waals surface area contributed by atoms with Crippen LogP contribution in [0.25, 0.3) is 0 Å². The third kappa shape index (κ3) is 2.65. The van der Waals surface area contributed by atoms with Gasteiger partial charge in [0.1, 0.15) is 5.60 Å². The van der Waals surface area contributed by atoms with Crippen molar-refractivity contribution in [2.75, 3.05) is 13.1 Å². The average molecular weight is 304 g/mol. The summed E-state index contributed by atoms with van der Waals surface area (Å²) in [6.45, 7) is 6.74. The van der Waals surface area contributed by atoms with Gasteiger partial charge in [-0.15, -0.1) is 0 Å². The van der Waals surface area contributed by atoms with E-state index in [1.165, 1.54) is 0 Å². The van der Waals surface area contributed by atoms with Crippen molar-refractivity contribution in [1.29, 1.82) is 0 Å². The fourth-order valence-corrected chi connectivity index (χ4v) is 3.43. The van der Waals surface area contributed by atoms with E-state index in [2.05, 4.69) is 0 Å². The van der Waals surface area contributed by atoms with E-state index >= 15 is 0 Å². The molecule has 1 amide bonds. The maximum absolute atomic E-state index is 12.3. The highest BCUT2D eigenvalue weighted by molar-refractivity contribution is 5.69. The first-order valence-electron chi connectivity index (χ1n) is 7.51. The highest BCUT2D eigenvalue weighted by Gasteiger charge is 2.41. The van der Waals surface area contributed by atoms with Gasteiger partial charge in [0.2, 0.25) is 0 Å². The van der Waals surface area contributed by atoms with Crippen LogP contribution in [0.15, 0.2) is 18.2 Å². The third-order valence-corrected chi connectivity index (χ3v) is 4.26. The summed E-state index contributed by atoms with van der Waals surface area (Å²) in [5.41, 5.74) is 1.76. The second-order valence-corrected chi connectivity index (χ2v) is 7.09. The maximum atomic E-state index is 12.3. The molecule has 1 aliphatic heterocycles. The topological polar surface area (TPSA) is 72.7 Å². The number of fused-ring (bicyclic) bond motifs is 5. The summed E-state index contributed by atoms with van der Waals surface area (Å²) in [4.78, 5) is 24.6. The summed E-state index contributed by atoms with van der Waals surface area (Å²) in [6, 6.07) is 5.06. The van der Waals surface area contributed by atoms with Crippen LogP contribution >= 0.6 is 0 Å². The van der Waals surface area contributed by atoms with Crippen molar-refractivity contribution >= 4 is 11.8 Å². The summed E-state index contributed by atoms with van der Waals surface area (Å²) in [5, 5.41) is 10.9. The lowest BCUT2D eigenvalue weighted by Gasteiger charge is -2.33. The predicted octanol–water partition coefficient (Wildman–Crippen LogP) is 3.42. The molecular formula is C16H20N2O4. The van der Waals surface area contributed by atoms with E-state index in [1.807, 2.05) is 26.8 Å². The summed E-state index contributed by atoms with van der Waals surface area (Å²) in [7, 11) is 0. The zero-order valence-corrected chi connectivity index (χ0v) is 13.0. The molecule has 1 aromatic rings. The number of non-ortho nitro benzene ring substituents is 1. The number of amides is 1. The molecule has 118 valence electrons. The minimum atomic E-state index is -0.515. The number of likely N-dealkylation sites (tertiary alicyclic amines) is 1. The largest absolute Gasteiger partial charge is 0.444 e. The van der Waals surface area contributed by atoms with Gasteiger partial charge in [0.15, 0.2) is 0 Å². The first-order chi connectivity index (χ1) is 10.2. The highest BCUT2D eigenvalue weighted by atomic mass is 16.6. The number of piperidine rings is 1. The van der Waals surface area contributed by atoms with Gasteiger partial charge in [-0.1, -0.05) is 6.07 Å².